The second-order valence-corrected chi connectivity index (χ2v) is 9.15. The van der Waals surface area contributed by atoms with E-state index in [1.807, 2.05) is 11.3 Å². The van der Waals surface area contributed by atoms with Gasteiger partial charge in [-0.05, 0) is 42.5 Å². The summed E-state index contributed by atoms with van der Waals surface area (Å²) in [6.45, 7) is 0. The van der Waals surface area contributed by atoms with Crippen molar-refractivity contribution in [2.24, 2.45) is 7.05 Å². The number of thiophene rings is 1. The normalized spacial score (nSPS) is 16.2. The van der Waals surface area contributed by atoms with Gasteiger partial charge in [0.2, 0.25) is 0 Å². The number of nitrogens with zero attached hydrogens (tertiary/aromatic N) is 1. The predicted octanol–water partition coefficient (Wildman–Crippen LogP) is 7.75. The Kier molecular flexibility index (Phi) is 3.40. The molecule has 3 aromatic carbocycles. The van der Waals surface area contributed by atoms with E-state index in [1.165, 1.54) is 74.1 Å². The number of hydrogen-bond acceptors (Lipinski definition) is 1. The molecular weight excluding hydrogens is 346 g/mol. The van der Waals surface area contributed by atoms with Crippen molar-refractivity contribution in [2.45, 2.75) is 38.0 Å². The maximum atomic E-state index is 2.43. The maximum absolute atomic E-state index is 2.43. The molecule has 2 heterocycles. The maximum Gasteiger partial charge on any atom is 0.0495 e. The Bertz CT molecular complexity index is 1310. The Hall–Kier alpha value is -2.32. The smallest absolute Gasteiger partial charge is 0.0495 e. The van der Waals surface area contributed by atoms with Crippen molar-refractivity contribution in [1.82, 2.24) is 4.57 Å². The number of para-hydroxylation sites is 1. The number of benzene rings is 3. The van der Waals surface area contributed by atoms with Gasteiger partial charge in [0.15, 0.2) is 0 Å². The molecule has 27 heavy (non-hydrogen) atoms. The van der Waals surface area contributed by atoms with Crippen LogP contribution >= 0.6 is 11.3 Å². The number of aryl methyl sites for hydroxylation is 1. The van der Waals surface area contributed by atoms with Gasteiger partial charge in [0, 0.05) is 49.0 Å². The topological polar surface area (TPSA) is 4.93 Å². The predicted molar refractivity (Wildman–Crippen MR) is 119 cm³/mol. The molecule has 0 bridgehead atoms. The summed E-state index contributed by atoms with van der Waals surface area (Å²) in [6, 6.07) is 20.6. The van der Waals surface area contributed by atoms with Crippen LogP contribution in [0.4, 0.5) is 0 Å². The fraction of sp³-hybridized carbons (Fsp3) is 0.280. The fourth-order valence-electron chi connectivity index (χ4n) is 5.21. The third-order valence-electron chi connectivity index (χ3n) is 6.61. The summed E-state index contributed by atoms with van der Waals surface area (Å²) in [4.78, 5) is 0. The minimum atomic E-state index is 0.755. The number of hydrogen-bond donors (Lipinski definition) is 0. The Morgan fingerprint density at radius 1 is 0.778 bits per heavy atom. The highest BCUT2D eigenvalue weighted by Gasteiger charge is 2.20. The Labute approximate surface area is 163 Å². The summed E-state index contributed by atoms with van der Waals surface area (Å²) in [5.74, 6) is 0.755. The van der Waals surface area contributed by atoms with Gasteiger partial charge in [-0.1, -0.05) is 55.7 Å². The van der Waals surface area contributed by atoms with Gasteiger partial charge in [-0.25, -0.2) is 0 Å². The summed E-state index contributed by atoms with van der Waals surface area (Å²) in [5, 5.41) is 5.62. The summed E-state index contributed by atoms with van der Waals surface area (Å²) < 4.78 is 5.30. The van der Waals surface area contributed by atoms with Gasteiger partial charge in [0.25, 0.3) is 0 Å². The van der Waals surface area contributed by atoms with E-state index in [-0.39, 0.29) is 0 Å². The lowest BCUT2D eigenvalue weighted by Gasteiger charge is -2.22. The number of aromatic nitrogens is 1. The van der Waals surface area contributed by atoms with Crippen molar-refractivity contribution in [1.29, 1.82) is 0 Å². The molecular formula is C25H23NS. The molecule has 0 atom stereocenters. The van der Waals surface area contributed by atoms with E-state index < -0.39 is 0 Å². The quantitative estimate of drug-likeness (QED) is 0.285. The molecule has 0 aliphatic heterocycles. The first-order chi connectivity index (χ1) is 13.3. The summed E-state index contributed by atoms with van der Waals surface area (Å²) in [5.41, 5.74) is 4.26. The van der Waals surface area contributed by atoms with Crippen molar-refractivity contribution in [3.8, 4) is 0 Å². The van der Waals surface area contributed by atoms with E-state index in [9.17, 15) is 0 Å². The standard InChI is InChI=1S/C25H23NS/c1-26-22-13-6-5-10-18(22)20-15-24-21(14-23(20)26)19-12-7-11-17(25(19)27-24)16-8-3-2-4-9-16/h5-7,10-16H,2-4,8-9H2,1H3. The third kappa shape index (κ3) is 2.23. The molecule has 6 rings (SSSR count). The van der Waals surface area contributed by atoms with Gasteiger partial charge in [0.05, 0.1) is 0 Å². The van der Waals surface area contributed by atoms with Crippen molar-refractivity contribution >= 4 is 53.3 Å². The molecule has 1 fully saturated rings. The van der Waals surface area contributed by atoms with Gasteiger partial charge in [-0.3, -0.25) is 0 Å². The van der Waals surface area contributed by atoms with Crippen LogP contribution in [0, 0.1) is 0 Å². The van der Waals surface area contributed by atoms with Crippen molar-refractivity contribution in [2.75, 3.05) is 0 Å². The molecule has 0 N–H and O–H groups in total. The first-order valence-corrected chi connectivity index (χ1v) is 11.0. The molecule has 1 nitrogen and oxygen atoms in total. The van der Waals surface area contributed by atoms with Gasteiger partial charge < -0.3 is 4.57 Å². The molecule has 0 spiro atoms. The zero-order chi connectivity index (χ0) is 18.0. The fourth-order valence-corrected chi connectivity index (χ4v) is 6.52. The molecule has 5 aromatic rings. The van der Waals surface area contributed by atoms with Crippen molar-refractivity contribution < 1.29 is 0 Å². The van der Waals surface area contributed by atoms with Crippen LogP contribution in [0.3, 0.4) is 0 Å². The lowest BCUT2D eigenvalue weighted by Crippen LogP contribution is -2.04. The highest BCUT2D eigenvalue weighted by molar-refractivity contribution is 7.26. The lowest BCUT2D eigenvalue weighted by molar-refractivity contribution is 0.446. The minimum Gasteiger partial charge on any atom is -0.344 e. The second kappa shape index (κ2) is 5.84. The summed E-state index contributed by atoms with van der Waals surface area (Å²) in [7, 11) is 2.19. The van der Waals surface area contributed by atoms with E-state index in [0.717, 1.165) is 5.92 Å². The Balaban J connectivity index is 1.67. The first kappa shape index (κ1) is 15.7. The molecule has 2 aromatic heterocycles. The molecule has 0 unspecified atom stereocenters. The van der Waals surface area contributed by atoms with E-state index >= 15 is 0 Å². The van der Waals surface area contributed by atoms with Crippen LogP contribution in [0.5, 0.6) is 0 Å². The monoisotopic (exact) mass is 369 g/mol. The van der Waals surface area contributed by atoms with Crippen LogP contribution in [0.15, 0.2) is 54.6 Å². The largest absolute Gasteiger partial charge is 0.344 e. The SMILES string of the molecule is Cn1c2ccccc2c2cc3sc4c(C5CCCCC5)cccc4c3cc21. The van der Waals surface area contributed by atoms with E-state index in [0.29, 0.717) is 0 Å². The Morgan fingerprint density at radius 2 is 1.59 bits per heavy atom. The van der Waals surface area contributed by atoms with Crippen LogP contribution in [-0.4, -0.2) is 4.57 Å². The molecule has 1 saturated carbocycles. The van der Waals surface area contributed by atoms with Crippen LogP contribution in [0.25, 0.3) is 42.0 Å². The number of fused-ring (bicyclic) bond motifs is 6. The van der Waals surface area contributed by atoms with Gasteiger partial charge in [0.1, 0.15) is 0 Å². The number of rotatable bonds is 1. The van der Waals surface area contributed by atoms with Gasteiger partial charge in [-0.15, -0.1) is 11.3 Å². The van der Waals surface area contributed by atoms with Crippen molar-refractivity contribution in [3.05, 3.63) is 60.2 Å². The highest BCUT2D eigenvalue weighted by Crippen LogP contribution is 2.44. The van der Waals surface area contributed by atoms with Crippen LogP contribution in [0.1, 0.15) is 43.6 Å². The first-order valence-electron chi connectivity index (χ1n) is 10.1. The average Bonchev–Trinajstić information content (AvgIpc) is 3.23. The van der Waals surface area contributed by atoms with Crippen molar-refractivity contribution in [3.63, 3.8) is 0 Å². The van der Waals surface area contributed by atoms with Crippen LogP contribution in [-0.2, 0) is 7.05 Å². The van der Waals surface area contributed by atoms with E-state index in [1.54, 1.807) is 5.56 Å². The van der Waals surface area contributed by atoms with Crippen LogP contribution < -0.4 is 0 Å². The summed E-state index contributed by atoms with van der Waals surface area (Å²) in [6.07, 6.45) is 6.92. The Morgan fingerprint density at radius 3 is 2.48 bits per heavy atom. The zero-order valence-corrected chi connectivity index (χ0v) is 16.5. The second-order valence-electron chi connectivity index (χ2n) is 8.10. The molecule has 134 valence electrons. The van der Waals surface area contributed by atoms with E-state index in [4.69, 9.17) is 0 Å². The molecule has 0 radical (unpaired) electrons. The average molecular weight is 370 g/mol. The summed E-state index contributed by atoms with van der Waals surface area (Å²) >= 11 is 2.01. The minimum absolute atomic E-state index is 0.755. The highest BCUT2D eigenvalue weighted by atomic mass is 32.1. The zero-order valence-electron chi connectivity index (χ0n) is 15.7. The molecule has 0 saturated heterocycles. The van der Waals surface area contributed by atoms with E-state index in [2.05, 4.69) is 66.2 Å². The lowest BCUT2D eigenvalue weighted by atomic mass is 9.84. The molecule has 0 amide bonds. The van der Waals surface area contributed by atoms with Gasteiger partial charge >= 0.3 is 0 Å². The van der Waals surface area contributed by atoms with Crippen LogP contribution in [0.2, 0.25) is 0 Å². The molecule has 1 aliphatic rings. The third-order valence-corrected chi connectivity index (χ3v) is 7.82. The molecule has 2 heteroatoms. The molecule has 1 aliphatic carbocycles. The van der Waals surface area contributed by atoms with Gasteiger partial charge in [-0.2, -0.15) is 0 Å².